The highest BCUT2D eigenvalue weighted by Crippen LogP contribution is 2.34. The molecular weight excluding hydrogens is 230 g/mol. The van der Waals surface area contributed by atoms with E-state index in [1.165, 1.54) is 0 Å². The molecule has 0 spiro atoms. The fourth-order valence-electron chi connectivity index (χ4n) is 2.56. The number of amides is 1. The van der Waals surface area contributed by atoms with E-state index in [9.17, 15) is 9.59 Å². The van der Waals surface area contributed by atoms with Crippen LogP contribution in [0.1, 0.15) is 52.9 Å². The van der Waals surface area contributed by atoms with Gasteiger partial charge in [0.05, 0.1) is 0 Å². The molecule has 1 fully saturated rings. The third kappa shape index (κ3) is 4.67. The average Bonchev–Trinajstić information content (AvgIpc) is 2.40. The smallest absolute Gasteiger partial charge is 0.303 e. The number of carbonyl (C=O) groups excluding carboxylic acids is 1. The van der Waals surface area contributed by atoms with E-state index < -0.39 is 5.97 Å². The third-order valence-corrected chi connectivity index (χ3v) is 3.85. The highest BCUT2D eigenvalue weighted by atomic mass is 16.4. The molecule has 4 nitrogen and oxygen atoms in total. The van der Waals surface area contributed by atoms with Crippen LogP contribution in [0.2, 0.25) is 0 Å². The summed E-state index contributed by atoms with van der Waals surface area (Å²) in [6, 6.07) is 0. The molecule has 0 saturated carbocycles. The molecule has 4 heteroatoms. The zero-order valence-electron chi connectivity index (χ0n) is 11.7. The van der Waals surface area contributed by atoms with E-state index in [-0.39, 0.29) is 17.7 Å². The second kappa shape index (κ2) is 6.21. The standard InChI is InChI=1S/C14H25NO3/c1-14(2,3)11-6-7-12(16)15(10-8-11)9-4-5-13(17)18/h11H,4-10H2,1-3H3,(H,17,18). The summed E-state index contributed by atoms with van der Waals surface area (Å²) in [5, 5.41) is 8.61. The van der Waals surface area contributed by atoms with Crippen molar-refractivity contribution in [2.45, 2.75) is 52.9 Å². The van der Waals surface area contributed by atoms with Gasteiger partial charge in [-0.2, -0.15) is 0 Å². The lowest BCUT2D eigenvalue weighted by molar-refractivity contribution is -0.138. The van der Waals surface area contributed by atoms with Gasteiger partial charge < -0.3 is 10.0 Å². The topological polar surface area (TPSA) is 57.6 Å². The number of likely N-dealkylation sites (tertiary alicyclic amines) is 1. The average molecular weight is 255 g/mol. The molecule has 1 aliphatic heterocycles. The molecule has 1 rings (SSSR count). The first-order chi connectivity index (χ1) is 8.30. The lowest BCUT2D eigenvalue weighted by Crippen LogP contribution is -2.32. The summed E-state index contributed by atoms with van der Waals surface area (Å²) in [7, 11) is 0. The van der Waals surface area contributed by atoms with Crippen molar-refractivity contribution in [1.82, 2.24) is 4.90 Å². The fourth-order valence-corrected chi connectivity index (χ4v) is 2.56. The van der Waals surface area contributed by atoms with E-state index >= 15 is 0 Å². The molecule has 0 aromatic carbocycles. The van der Waals surface area contributed by atoms with Crippen LogP contribution in [-0.2, 0) is 9.59 Å². The number of carboxylic acid groups (broad SMARTS) is 1. The minimum Gasteiger partial charge on any atom is -0.481 e. The Hall–Kier alpha value is -1.06. The van der Waals surface area contributed by atoms with Gasteiger partial charge in [-0.1, -0.05) is 20.8 Å². The molecule has 0 aliphatic carbocycles. The van der Waals surface area contributed by atoms with Gasteiger partial charge in [0, 0.05) is 25.9 Å². The van der Waals surface area contributed by atoms with Gasteiger partial charge in [0.2, 0.25) is 5.91 Å². The van der Waals surface area contributed by atoms with Crippen molar-refractivity contribution in [3.8, 4) is 0 Å². The van der Waals surface area contributed by atoms with Gasteiger partial charge in [-0.25, -0.2) is 0 Å². The highest BCUT2D eigenvalue weighted by Gasteiger charge is 2.29. The first-order valence-corrected chi connectivity index (χ1v) is 6.80. The molecule has 1 saturated heterocycles. The Morgan fingerprint density at radius 3 is 2.61 bits per heavy atom. The number of hydrogen-bond acceptors (Lipinski definition) is 2. The molecule has 104 valence electrons. The zero-order chi connectivity index (χ0) is 13.8. The minimum absolute atomic E-state index is 0.145. The lowest BCUT2D eigenvalue weighted by atomic mass is 9.77. The van der Waals surface area contributed by atoms with Crippen molar-refractivity contribution < 1.29 is 14.7 Å². The quantitative estimate of drug-likeness (QED) is 0.839. The molecular formula is C14H25NO3. The number of carboxylic acids is 1. The lowest BCUT2D eigenvalue weighted by Gasteiger charge is -2.29. The van der Waals surface area contributed by atoms with Crippen molar-refractivity contribution >= 4 is 11.9 Å². The van der Waals surface area contributed by atoms with Gasteiger partial charge in [-0.3, -0.25) is 9.59 Å². The van der Waals surface area contributed by atoms with E-state index in [0.717, 1.165) is 19.4 Å². The van der Waals surface area contributed by atoms with E-state index in [4.69, 9.17) is 5.11 Å². The van der Waals surface area contributed by atoms with Crippen LogP contribution in [0, 0.1) is 11.3 Å². The second-order valence-corrected chi connectivity index (χ2v) is 6.27. The molecule has 18 heavy (non-hydrogen) atoms. The molecule has 1 heterocycles. The van der Waals surface area contributed by atoms with Crippen molar-refractivity contribution in [3.05, 3.63) is 0 Å². The predicted molar refractivity (Wildman–Crippen MR) is 70.2 cm³/mol. The first kappa shape index (κ1) is 15.0. The number of aliphatic carboxylic acids is 1. The van der Waals surface area contributed by atoms with Gasteiger partial charge in [0.15, 0.2) is 0 Å². The monoisotopic (exact) mass is 255 g/mol. The van der Waals surface area contributed by atoms with Gasteiger partial charge in [0.25, 0.3) is 0 Å². The van der Waals surface area contributed by atoms with E-state index in [0.29, 0.717) is 25.3 Å². The van der Waals surface area contributed by atoms with Crippen molar-refractivity contribution in [2.24, 2.45) is 11.3 Å². The van der Waals surface area contributed by atoms with E-state index in [1.807, 2.05) is 4.90 Å². The van der Waals surface area contributed by atoms with Gasteiger partial charge in [-0.15, -0.1) is 0 Å². The number of hydrogen-bond donors (Lipinski definition) is 1. The minimum atomic E-state index is -0.787. The molecule has 0 bridgehead atoms. The Kier molecular flexibility index (Phi) is 5.17. The number of nitrogens with zero attached hydrogens (tertiary/aromatic N) is 1. The van der Waals surface area contributed by atoms with Gasteiger partial charge >= 0.3 is 5.97 Å². The number of rotatable bonds is 4. The van der Waals surface area contributed by atoms with Crippen LogP contribution in [-0.4, -0.2) is 35.0 Å². The molecule has 1 unspecified atom stereocenters. The summed E-state index contributed by atoms with van der Waals surface area (Å²) < 4.78 is 0. The largest absolute Gasteiger partial charge is 0.481 e. The summed E-state index contributed by atoms with van der Waals surface area (Å²) in [6.45, 7) is 8.04. The van der Waals surface area contributed by atoms with Crippen LogP contribution >= 0.6 is 0 Å². The maximum atomic E-state index is 11.9. The second-order valence-electron chi connectivity index (χ2n) is 6.27. The van der Waals surface area contributed by atoms with Gasteiger partial charge in [-0.05, 0) is 30.6 Å². The summed E-state index contributed by atoms with van der Waals surface area (Å²) >= 11 is 0. The van der Waals surface area contributed by atoms with Crippen LogP contribution in [0.5, 0.6) is 0 Å². The Morgan fingerprint density at radius 1 is 1.39 bits per heavy atom. The summed E-state index contributed by atoms with van der Waals surface area (Å²) in [5.74, 6) is -0.0251. The third-order valence-electron chi connectivity index (χ3n) is 3.85. The number of carbonyl (C=O) groups is 2. The molecule has 1 N–H and O–H groups in total. The summed E-state index contributed by atoms with van der Waals surface area (Å²) in [4.78, 5) is 24.3. The molecule has 1 aliphatic rings. The Balaban J connectivity index is 2.47. The summed E-state index contributed by atoms with van der Waals surface area (Å²) in [6.07, 6.45) is 3.29. The predicted octanol–water partition coefficient (Wildman–Crippen LogP) is 2.53. The maximum Gasteiger partial charge on any atom is 0.303 e. The highest BCUT2D eigenvalue weighted by molar-refractivity contribution is 5.76. The Labute approximate surface area is 109 Å². The van der Waals surface area contributed by atoms with E-state index in [1.54, 1.807) is 0 Å². The van der Waals surface area contributed by atoms with Crippen LogP contribution in [0.25, 0.3) is 0 Å². The van der Waals surface area contributed by atoms with Crippen LogP contribution in [0.3, 0.4) is 0 Å². The Morgan fingerprint density at radius 2 is 2.06 bits per heavy atom. The Bertz CT molecular complexity index is 307. The van der Waals surface area contributed by atoms with Crippen molar-refractivity contribution in [2.75, 3.05) is 13.1 Å². The molecule has 1 atom stereocenters. The van der Waals surface area contributed by atoms with Gasteiger partial charge in [0.1, 0.15) is 0 Å². The van der Waals surface area contributed by atoms with Crippen LogP contribution in [0.4, 0.5) is 0 Å². The summed E-state index contributed by atoms with van der Waals surface area (Å²) in [5.41, 5.74) is 0.247. The molecule has 0 aromatic heterocycles. The van der Waals surface area contributed by atoms with Crippen molar-refractivity contribution in [1.29, 1.82) is 0 Å². The maximum absolute atomic E-state index is 11.9. The molecule has 1 amide bonds. The SMILES string of the molecule is CC(C)(C)C1CCC(=O)N(CCCC(=O)O)CC1. The first-order valence-electron chi connectivity index (χ1n) is 6.80. The van der Waals surface area contributed by atoms with Crippen LogP contribution in [0.15, 0.2) is 0 Å². The normalized spacial score (nSPS) is 21.8. The molecule has 0 radical (unpaired) electrons. The van der Waals surface area contributed by atoms with Crippen molar-refractivity contribution in [3.63, 3.8) is 0 Å². The fraction of sp³-hybridized carbons (Fsp3) is 0.857. The zero-order valence-corrected chi connectivity index (χ0v) is 11.7. The molecule has 0 aromatic rings. The van der Waals surface area contributed by atoms with E-state index in [2.05, 4.69) is 20.8 Å². The van der Waals surface area contributed by atoms with Crippen LogP contribution < -0.4 is 0 Å².